The predicted octanol–water partition coefficient (Wildman–Crippen LogP) is 6.25. The van der Waals surface area contributed by atoms with E-state index in [0.29, 0.717) is 33.6 Å². The summed E-state index contributed by atoms with van der Waals surface area (Å²) in [6.45, 7) is 8.14. The number of aryl methyl sites for hydroxylation is 3. The Morgan fingerprint density at radius 2 is 1.92 bits per heavy atom. The number of aliphatic hydroxyl groups is 1. The molecule has 1 aliphatic rings. The molecule has 1 aliphatic heterocycles. The average molecular weight is 520 g/mol. The second-order valence-corrected chi connectivity index (χ2v) is 10.9. The van der Waals surface area contributed by atoms with Crippen molar-refractivity contribution in [3.63, 3.8) is 0 Å². The lowest BCUT2D eigenvalue weighted by Crippen LogP contribution is -2.31. The lowest BCUT2D eigenvalue weighted by atomic mass is 9.95. The number of carbonyl (C=O) groups excluding carboxylic acids is 2. The Balaban J connectivity index is 1.67. The summed E-state index contributed by atoms with van der Waals surface area (Å²) in [6.07, 6.45) is 0.845. The van der Waals surface area contributed by atoms with E-state index in [1.807, 2.05) is 63.2 Å². The SMILES string of the molecule is CCCOc1cccc(C2C(C(=O)c3sc(C)nc3C)=C(O)C(=O)N2c2nc3ccc(C)cc3s2)c1. The molecule has 0 saturated heterocycles. The zero-order chi connectivity index (χ0) is 25.6. The average Bonchev–Trinajstić information content (AvgIpc) is 3.50. The number of fused-ring (bicyclic) bond motifs is 1. The molecule has 36 heavy (non-hydrogen) atoms. The zero-order valence-corrected chi connectivity index (χ0v) is 22.0. The van der Waals surface area contributed by atoms with Crippen molar-refractivity contribution in [2.45, 2.75) is 40.2 Å². The number of anilines is 1. The number of hydrogen-bond acceptors (Lipinski definition) is 8. The Bertz CT molecular complexity index is 1540. The first-order chi connectivity index (χ1) is 17.3. The molecular formula is C27H25N3O4S2. The summed E-state index contributed by atoms with van der Waals surface area (Å²) in [7, 11) is 0. The Hall–Kier alpha value is -3.56. The molecule has 0 saturated carbocycles. The molecule has 1 atom stereocenters. The topological polar surface area (TPSA) is 92.6 Å². The molecule has 9 heteroatoms. The first kappa shape index (κ1) is 24.1. The minimum Gasteiger partial charge on any atom is -0.503 e. The molecule has 0 spiro atoms. The Labute approximate surface area is 216 Å². The highest BCUT2D eigenvalue weighted by Gasteiger charge is 2.46. The third kappa shape index (κ3) is 4.18. The highest BCUT2D eigenvalue weighted by molar-refractivity contribution is 7.22. The van der Waals surface area contributed by atoms with Crippen LogP contribution in [0.5, 0.6) is 5.75 Å². The lowest BCUT2D eigenvalue weighted by molar-refractivity contribution is -0.117. The van der Waals surface area contributed by atoms with Crippen LogP contribution < -0.4 is 9.64 Å². The van der Waals surface area contributed by atoms with Crippen LogP contribution in [0, 0.1) is 20.8 Å². The number of aliphatic hydroxyl groups excluding tert-OH is 1. The zero-order valence-electron chi connectivity index (χ0n) is 20.4. The smallest absolute Gasteiger partial charge is 0.296 e. The number of rotatable bonds is 7. The first-order valence-electron chi connectivity index (χ1n) is 11.6. The largest absolute Gasteiger partial charge is 0.503 e. The van der Waals surface area contributed by atoms with Crippen molar-refractivity contribution in [1.82, 2.24) is 9.97 Å². The summed E-state index contributed by atoms with van der Waals surface area (Å²) >= 11 is 2.60. The monoisotopic (exact) mass is 519 g/mol. The molecular weight excluding hydrogens is 494 g/mol. The predicted molar refractivity (Wildman–Crippen MR) is 142 cm³/mol. The quantitative estimate of drug-likeness (QED) is 0.290. The summed E-state index contributed by atoms with van der Waals surface area (Å²) < 4.78 is 6.75. The van der Waals surface area contributed by atoms with E-state index in [0.717, 1.165) is 27.2 Å². The van der Waals surface area contributed by atoms with Gasteiger partial charge in [0.2, 0.25) is 5.78 Å². The minimum atomic E-state index is -0.862. The fraction of sp³-hybridized carbons (Fsp3) is 0.259. The van der Waals surface area contributed by atoms with Crippen molar-refractivity contribution in [3.8, 4) is 5.75 Å². The lowest BCUT2D eigenvalue weighted by Gasteiger charge is -2.24. The molecule has 2 aromatic heterocycles. The molecule has 0 aliphatic carbocycles. The van der Waals surface area contributed by atoms with E-state index < -0.39 is 23.5 Å². The van der Waals surface area contributed by atoms with Gasteiger partial charge in [-0.1, -0.05) is 36.5 Å². The molecule has 1 N–H and O–H groups in total. The van der Waals surface area contributed by atoms with Gasteiger partial charge >= 0.3 is 0 Å². The molecule has 0 bridgehead atoms. The summed E-state index contributed by atoms with van der Waals surface area (Å²) in [4.78, 5) is 38.2. The first-order valence-corrected chi connectivity index (χ1v) is 13.3. The van der Waals surface area contributed by atoms with Crippen molar-refractivity contribution in [2.75, 3.05) is 11.5 Å². The van der Waals surface area contributed by atoms with Crippen LogP contribution in [0.25, 0.3) is 10.2 Å². The fourth-order valence-corrected chi connectivity index (χ4v) is 6.30. The molecule has 7 nitrogen and oxygen atoms in total. The Kier molecular flexibility index (Phi) is 6.36. The maximum Gasteiger partial charge on any atom is 0.296 e. The molecule has 0 radical (unpaired) electrons. The molecule has 1 unspecified atom stereocenters. The number of amides is 1. The number of ether oxygens (including phenoxy) is 1. The van der Waals surface area contributed by atoms with Crippen LogP contribution in [0.2, 0.25) is 0 Å². The van der Waals surface area contributed by atoms with E-state index in [1.54, 1.807) is 6.92 Å². The van der Waals surface area contributed by atoms with Gasteiger partial charge in [0.15, 0.2) is 10.9 Å². The van der Waals surface area contributed by atoms with Crippen molar-refractivity contribution < 1.29 is 19.4 Å². The number of Topliss-reactive ketones (excluding diaryl/α,β-unsaturated/α-hetero) is 1. The number of ketones is 1. The fourth-order valence-electron chi connectivity index (χ4n) is 4.33. The van der Waals surface area contributed by atoms with Gasteiger partial charge in [0, 0.05) is 0 Å². The minimum absolute atomic E-state index is 0.0230. The number of thiazole rings is 2. The molecule has 1 amide bonds. The summed E-state index contributed by atoms with van der Waals surface area (Å²) in [6, 6.07) is 12.3. The van der Waals surface area contributed by atoms with E-state index in [9.17, 15) is 14.7 Å². The molecule has 3 heterocycles. The van der Waals surface area contributed by atoms with E-state index in [4.69, 9.17) is 9.72 Å². The van der Waals surface area contributed by atoms with Crippen molar-refractivity contribution in [2.24, 2.45) is 0 Å². The molecule has 4 aromatic rings. The van der Waals surface area contributed by atoms with E-state index in [1.165, 1.54) is 27.6 Å². The number of aromatic nitrogens is 2. The third-order valence-electron chi connectivity index (χ3n) is 5.95. The van der Waals surface area contributed by atoms with Crippen LogP contribution in [0.15, 0.2) is 53.8 Å². The van der Waals surface area contributed by atoms with Crippen LogP contribution >= 0.6 is 22.7 Å². The van der Waals surface area contributed by atoms with Crippen LogP contribution in [0.4, 0.5) is 5.13 Å². The van der Waals surface area contributed by atoms with Crippen LogP contribution in [-0.2, 0) is 4.79 Å². The summed E-state index contributed by atoms with van der Waals surface area (Å²) in [5, 5.41) is 12.2. The van der Waals surface area contributed by atoms with Crippen molar-refractivity contribution in [3.05, 3.63) is 80.5 Å². The second-order valence-electron chi connectivity index (χ2n) is 8.71. The van der Waals surface area contributed by atoms with Gasteiger partial charge in [-0.2, -0.15) is 0 Å². The maximum absolute atomic E-state index is 13.8. The van der Waals surface area contributed by atoms with Crippen LogP contribution in [0.3, 0.4) is 0 Å². The van der Waals surface area contributed by atoms with Gasteiger partial charge in [-0.15, -0.1) is 11.3 Å². The molecule has 0 fully saturated rings. The second kappa shape index (κ2) is 9.48. The van der Waals surface area contributed by atoms with Crippen molar-refractivity contribution >= 4 is 49.7 Å². The maximum atomic E-state index is 13.8. The Morgan fingerprint density at radius 3 is 2.64 bits per heavy atom. The van der Waals surface area contributed by atoms with Gasteiger partial charge in [0.05, 0.1) is 44.0 Å². The molecule has 2 aromatic carbocycles. The highest BCUT2D eigenvalue weighted by atomic mass is 32.1. The summed E-state index contributed by atoms with van der Waals surface area (Å²) in [5.74, 6) is -0.998. The van der Waals surface area contributed by atoms with E-state index in [-0.39, 0.29) is 5.57 Å². The number of hydrogen-bond donors (Lipinski definition) is 1. The van der Waals surface area contributed by atoms with Crippen molar-refractivity contribution in [1.29, 1.82) is 0 Å². The molecule has 184 valence electrons. The highest BCUT2D eigenvalue weighted by Crippen LogP contribution is 2.45. The normalized spacial score (nSPS) is 15.8. The van der Waals surface area contributed by atoms with E-state index in [2.05, 4.69) is 4.98 Å². The number of nitrogens with zero attached hydrogens (tertiary/aromatic N) is 3. The Morgan fingerprint density at radius 1 is 1.11 bits per heavy atom. The third-order valence-corrected chi connectivity index (χ3v) is 8.04. The van der Waals surface area contributed by atoms with Gasteiger partial charge in [0.1, 0.15) is 5.75 Å². The summed E-state index contributed by atoms with van der Waals surface area (Å²) in [5.41, 5.74) is 3.08. The number of benzene rings is 2. The van der Waals surface area contributed by atoms with E-state index >= 15 is 0 Å². The van der Waals surface area contributed by atoms with Crippen LogP contribution in [-0.4, -0.2) is 33.4 Å². The number of carbonyl (C=O) groups is 2. The van der Waals surface area contributed by atoms with Gasteiger partial charge < -0.3 is 9.84 Å². The molecule has 5 rings (SSSR count). The van der Waals surface area contributed by atoms with Gasteiger partial charge in [-0.25, -0.2) is 9.97 Å². The van der Waals surface area contributed by atoms with Gasteiger partial charge in [0.25, 0.3) is 5.91 Å². The van der Waals surface area contributed by atoms with Gasteiger partial charge in [-0.05, 0) is 62.6 Å². The van der Waals surface area contributed by atoms with Gasteiger partial charge in [-0.3, -0.25) is 14.5 Å². The standard InChI is InChI=1S/C27H25N3O4S2/c1-5-11-34-18-8-6-7-17(13-18)22-21(23(31)25-15(3)28-16(4)35-25)24(32)26(33)30(22)27-29-19-10-9-14(2)12-20(19)36-27/h6-10,12-13,22,32H,5,11H2,1-4H3. The van der Waals surface area contributed by atoms with Crippen LogP contribution in [0.1, 0.15) is 50.9 Å².